The van der Waals surface area contributed by atoms with Gasteiger partial charge in [0, 0.05) is 23.7 Å². The molecule has 0 aliphatic heterocycles. The summed E-state index contributed by atoms with van der Waals surface area (Å²) in [4.78, 5) is 12.1. The third kappa shape index (κ3) is 3.59. The lowest BCUT2D eigenvalue weighted by atomic mass is 10.1. The largest absolute Gasteiger partial charge is 0.348 e. The molecule has 0 aliphatic rings. The molecule has 104 valence electrons. The Morgan fingerprint density at radius 2 is 1.90 bits per heavy atom. The molecule has 0 saturated heterocycles. The van der Waals surface area contributed by atoms with Crippen LogP contribution in [0.25, 0.3) is 0 Å². The van der Waals surface area contributed by atoms with Crippen LogP contribution in [0.1, 0.15) is 27.0 Å². The Bertz CT molecular complexity index is 605. The summed E-state index contributed by atoms with van der Waals surface area (Å²) >= 11 is 5.96. The van der Waals surface area contributed by atoms with E-state index in [1.54, 1.807) is 6.07 Å². The van der Waals surface area contributed by atoms with Gasteiger partial charge in [0.15, 0.2) is 0 Å². The molecule has 0 aliphatic carbocycles. The molecule has 0 atom stereocenters. The van der Waals surface area contributed by atoms with Crippen molar-refractivity contribution < 1.29 is 4.79 Å². The quantitative estimate of drug-likeness (QED) is 0.908. The molecule has 0 heterocycles. The highest BCUT2D eigenvalue weighted by Gasteiger charge is 2.08. The minimum atomic E-state index is -0.137. The van der Waals surface area contributed by atoms with Gasteiger partial charge in [0.1, 0.15) is 0 Å². The zero-order valence-electron chi connectivity index (χ0n) is 11.3. The Hall–Kier alpha value is -1.84. The third-order valence-corrected chi connectivity index (χ3v) is 3.30. The van der Waals surface area contributed by atoms with Crippen LogP contribution in [0.3, 0.4) is 0 Å². The zero-order valence-corrected chi connectivity index (χ0v) is 12.1. The van der Waals surface area contributed by atoms with E-state index in [4.69, 9.17) is 17.3 Å². The van der Waals surface area contributed by atoms with Gasteiger partial charge in [0.2, 0.25) is 0 Å². The number of hydrogen-bond acceptors (Lipinski definition) is 2. The molecule has 2 aromatic rings. The van der Waals surface area contributed by atoms with Crippen LogP contribution in [0.15, 0.2) is 42.5 Å². The lowest BCUT2D eigenvalue weighted by Crippen LogP contribution is -2.23. The molecule has 0 spiro atoms. The van der Waals surface area contributed by atoms with Crippen molar-refractivity contribution in [2.24, 2.45) is 5.73 Å². The zero-order chi connectivity index (χ0) is 14.5. The van der Waals surface area contributed by atoms with Crippen molar-refractivity contribution in [2.75, 3.05) is 0 Å². The first-order valence-corrected chi connectivity index (χ1v) is 6.80. The van der Waals surface area contributed by atoms with Crippen molar-refractivity contribution in [1.29, 1.82) is 0 Å². The van der Waals surface area contributed by atoms with Crippen LogP contribution in [0.5, 0.6) is 0 Å². The normalized spacial score (nSPS) is 10.3. The predicted molar refractivity (Wildman–Crippen MR) is 81.7 cm³/mol. The lowest BCUT2D eigenvalue weighted by molar-refractivity contribution is 0.0950. The average Bonchev–Trinajstić information content (AvgIpc) is 2.44. The predicted octanol–water partition coefficient (Wildman–Crippen LogP) is 3.04. The maximum Gasteiger partial charge on any atom is 0.251 e. The molecule has 3 N–H and O–H groups in total. The topological polar surface area (TPSA) is 55.1 Å². The van der Waals surface area contributed by atoms with Crippen molar-refractivity contribution in [3.63, 3.8) is 0 Å². The number of rotatable bonds is 4. The molecule has 2 rings (SSSR count). The lowest BCUT2D eigenvalue weighted by Gasteiger charge is -2.10. The first-order chi connectivity index (χ1) is 9.60. The van der Waals surface area contributed by atoms with E-state index in [0.29, 0.717) is 23.7 Å². The standard InChI is InChI=1S/C16H17ClN2O/c1-11-6-14(8-15(17)7-11)16(20)19-10-13-5-3-2-4-12(13)9-18/h2-8H,9-10,18H2,1H3,(H,19,20). The van der Waals surface area contributed by atoms with E-state index in [9.17, 15) is 4.79 Å². The summed E-state index contributed by atoms with van der Waals surface area (Å²) in [6, 6.07) is 13.1. The van der Waals surface area contributed by atoms with Gasteiger partial charge >= 0.3 is 0 Å². The molecular formula is C16H17ClN2O. The van der Waals surface area contributed by atoms with Gasteiger partial charge in [-0.05, 0) is 41.8 Å². The number of carbonyl (C=O) groups is 1. The molecule has 1 amide bonds. The maximum absolute atomic E-state index is 12.1. The Morgan fingerprint density at radius 3 is 2.55 bits per heavy atom. The van der Waals surface area contributed by atoms with Crippen LogP contribution >= 0.6 is 11.6 Å². The second-order valence-electron chi connectivity index (χ2n) is 4.67. The minimum absolute atomic E-state index is 0.137. The molecule has 0 bridgehead atoms. The number of amides is 1. The van der Waals surface area contributed by atoms with E-state index >= 15 is 0 Å². The fourth-order valence-electron chi connectivity index (χ4n) is 2.07. The van der Waals surface area contributed by atoms with Gasteiger partial charge in [0.25, 0.3) is 5.91 Å². The SMILES string of the molecule is Cc1cc(Cl)cc(C(=O)NCc2ccccc2CN)c1. The van der Waals surface area contributed by atoms with Gasteiger partial charge in [-0.2, -0.15) is 0 Å². The highest BCUT2D eigenvalue weighted by Crippen LogP contribution is 2.15. The molecule has 4 heteroatoms. The van der Waals surface area contributed by atoms with Gasteiger partial charge in [-0.3, -0.25) is 4.79 Å². The second kappa shape index (κ2) is 6.55. The molecule has 0 unspecified atom stereocenters. The van der Waals surface area contributed by atoms with E-state index in [1.165, 1.54) is 0 Å². The van der Waals surface area contributed by atoms with Crippen LogP contribution in [0, 0.1) is 6.92 Å². The van der Waals surface area contributed by atoms with Crippen molar-refractivity contribution >= 4 is 17.5 Å². The van der Waals surface area contributed by atoms with Gasteiger partial charge in [-0.15, -0.1) is 0 Å². The van der Waals surface area contributed by atoms with E-state index in [2.05, 4.69) is 5.32 Å². The van der Waals surface area contributed by atoms with Crippen molar-refractivity contribution in [3.8, 4) is 0 Å². The fraction of sp³-hybridized carbons (Fsp3) is 0.188. The van der Waals surface area contributed by atoms with Crippen LogP contribution in [-0.4, -0.2) is 5.91 Å². The van der Waals surface area contributed by atoms with E-state index < -0.39 is 0 Å². The monoisotopic (exact) mass is 288 g/mol. The Balaban J connectivity index is 2.08. The second-order valence-corrected chi connectivity index (χ2v) is 5.11. The molecule has 0 radical (unpaired) electrons. The van der Waals surface area contributed by atoms with Gasteiger partial charge in [-0.1, -0.05) is 35.9 Å². The van der Waals surface area contributed by atoms with Gasteiger partial charge in [-0.25, -0.2) is 0 Å². The molecule has 20 heavy (non-hydrogen) atoms. The minimum Gasteiger partial charge on any atom is -0.348 e. The van der Waals surface area contributed by atoms with Gasteiger partial charge in [0.05, 0.1) is 0 Å². The van der Waals surface area contributed by atoms with Gasteiger partial charge < -0.3 is 11.1 Å². The average molecular weight is 289 g/mol. The highest BCUT2D eigenvalue weighted by atomic mass is 35.5. The molecule has 0 fully saturated rings. The number of halogens is 1. The summed E-state index contributed by atoms with van der Waals surface area (Å²) in [7, 11) is 0. The number of hydrogen-bond donors (Lipinski definition) is 2. The molecule has 2 aromatic carbocycles. The van der Waals surface area contributed by atoms with E-state index in [-0.39, 0.29) is 5.91 Å². The molecular weight excluding hydrogens is 272 g/mol. The van der Waals surface area contributed by atoms with Crippen molar-refractivity contribution in [1.82, 2.24) is 5.32 Å². The smallest absolute Gasteiger partial charge is 0.251 e. The Morgan fingerprint density at radius 1 is 1.20 bits per heavy atom. The first kappa shape index (κ1) is 14.6. The number of aryl methyl sites for hydroxylation is 1. The summed E-state index contributed by atoms with van der Waals surface area (Å²) in [6.07, 6.45) is 0. The summed E-state index contributed by atoms with van der Waals surface area (Å²) in [6.45, 7) is 2.83. The van der Waals surface area contributed by atoms with Crippen LogP contribution < -0.4 is 11.1 Å². The summed E-state index contributed by atoms with van der Waals surface area (Å²) in [5.41, 5.74) is 9.28. The number of carbonyl (C=O) groups excluding carboxylic acids is 1. The van der Waals surface area contributed by atoms with Crippen LogP contribution in [-0.2, 0) is 13.1 Å². The van der Waals surface area contributed by atoms with E-state index in [0.717, 1.165) is 16.7 Å². The van der Waals surface area contributed by atoms with Crippen molar-refractivity contribution in [3.05, 3.63) is 69.7 Å². The molecule has 3 nitrogen and oxygen atoms in total. The molecule has 0 aromatic heterocycles. The Labute approximate surface area is 123 Å². The summed E-state index contributed by atoms with van der Waals surface area (Å²) in [5.74, 6) is -0.137. The number of nitrogens with two attached hydrogens (primary N) is 1. The maximum atomic E-state index is 12.1. The number of nitrogens with one attached hydrogen (secondary N) is 1. The first-order valence-electron chi connectivity index (χ1n) is 6.42. The highest BCUT2D eigenvalue weighted by molar-refractivity contribution is 6.31. The van der Waals surface area contributed by atoms with Crippen molar-refractivity contribution in [2.45, 2.75) is 20.0 Å². The third-order valence-electron chi connectivity index (χ3n) is 3.08. The van der Waals surface area contributed by atoms with Crippen LogP contribution in [0.2, 0.25) is 5.02 Å². The number of benzene rings is 2. The fourth-order valence-corrected chi connectivity index (χ4v) is 2.36. The Kier molecular flexibility index (Phi) is 4.77. The summed E-state index contributed by atoms with van der Waals surface area (Å²) < 4.78 is 0. The summed E-state index contributed by atoms with van der Waals surface area (Å²) in [5, 5.41) is 3.46. The van der Waals surface area contributed by atoms with Crippen LogP contribution in [0.4, 0.5) is 0 Å². The van der Waals surface area contributed by atoms with E-state index in [1.807, 2.05) is 43.3 Å². The molecule has 0 saturated carbocycles.